The first-order valence-corrected chi connectivity index (χ1v) is 4.13. The van der Waals surface area contributed by atoms with E-state index in [-0.39, 0.29) is 0 Å². The number of halogens is 1. The summed E-state index contributed by atoms with van der Waals surface area (Å²) in [7, 11) is 0. The van der Waals surface area contributed by atoms with Crippen LogP contribution in [-0.4, -0.2) is 0 Å². The van der Waals surface area contributed by atoms with Gasteiger partial charge in [-0.1, -0.05) is 30.7 Å². The van der Waals surface area contributed by atoms with Gasteiger partial charge in [-0.15, -0.1) is 0 Å². The van der Waals surface area contributed by atoms with E-state index in [0.717, 1.165) is 17.0 Å². The Kier molecular flexibility index (Phi) is 2.92. The van der Waals surface area contributed by atoms with Gasteiger partial charge < -0.3 is 5.73 Å². The Hall–Kier alpha value is -0.530. The molecular formula is C9H12ClN. The van der Waals surface area contributed by atoms with Crippen molar-refractivity contribution in [2.24, 2.45) is 5.73 Å². The summed E-state index contributed by atoms with van der Waals surface area (Å²) in [5.74, 6) is 0. The fraction of sp³-hybridized carbons (Fsp3) is 0.333. The van der Waals surface area contributed by atoms with Crippen LogP contribution < -0.4 is 5.73 Å². The van der Waals surface area contributed by atoms with Crippen molar-refractivity contribution in [3.05, 3.63) is 34.3 Å². The summed E-state index contributed by atoms with van der Waals surface area (Å²) in [6.07, 6.45) is 0.976. The van der Waals surface area contributed by atoms with Crippen molar-refractivity contribution in [2.45, 2.75) is 19.9 Å². The highest BCUT2D eigenvalue weighted by molar-refractivity contribution is 6.31. The molecule has 0 unspecified atom stereocenters. The number of hydrogen-bond donors (Lipinski definition) is 1. The van der Waals surface area contributed by atoms with Gasteiger partial charge in [-0.3, -0.25) is 0 Å². The van der Waals surface area contributed by atoms with E-state index in [1.807, 2.05) is 18.2 Å². The minimum Gasteiger partial charge on any atom is -0.326 e. The Labute approximate surface area is 72.2 Å². The summed E-state index contributed by atoms with van der Waals surface area (Å²) >= 11 is 5.95. The molecule has 2 heteroatoms. The lowest BCUT2D eigenvalue weighted by atomic mass is 10.1. The molecule has 0 aliphatic heterocycles. The first-order chi connectivity index (χ1) is 5.27. The van der Waals surface area contributed by atoms with Gasteiger partial charge in [-0.05, 0) is 23.6 Å². The van der Waals surface area contributed by atoms with Crippen LogP contribution in [0.25, 0.3) is 0 Å². The largest absolute Gasteiger partial charge is 0.326 e. The van der Waals surface area contributed by atoms with Crippen LogP contribution in [0.1, 0.15) is 18.1 Å². The molecule has 0 spiro atoms. The smallest absolute Gasteiger partial charge is 0.0441 e. The second-order valence-corrected chi connectivity index (χ2v) is 2.89. The normalized spacial score (nSPS) is 10.1. The molecule has 0 heterocycles. The third-order valence-electron chi connectivity index (χ3n) is 1.73. The molecule has 0 radical (unpaired) electrons. The number of benzene rings is 1. The first-order valence-electron chi connectivity index (χ1n) is 3.75. The second-order valence-electron chi connectivity index (χ2n) is 2.48. The van der Waals surface area contributed by atoms with E-state index in [4.69, 9.17) is 17.3 Å². The molecule has 60 valence electrons. The molecule has 0 saturated carbocycles. The van der Waals surface area contributed by atoms with Gasteiger partial charge in [-0.25, -0.2) is 0 Å². The molecule has 0 saturated heterocycles. The Balaban J connectivity index is 2.99. The predicted octanol–water partition coefficient (Wildman–Crippen LogP) is 2.36. The highest BCUT2D eigenvalue weighted by Crippen LogP contribution is 2.17. The third-order valence-corrected chi connectivity index (χ3v) is 2.09. The fourth-order valence-electron chi connectivity index (χ4n) is 1.00. The molecular weight excluding hydrogens is 158 g/mol. The SMILES string of the molecule is CCc1ccc(CN)cc1Cl. The van der Waals surface area contributed by atoms with Crippen LogP contribution in [0, 0.1) is 0 Å². The first kappa shape index (κ1) is 8.57. The molecule has 0 aliphatic rings. The summed E-state index contributed by atoms with van der Waals surface area (Å²) in [6.45, 7) is 2.65. The van der Waals surface area contributed by atoms with Gasteiger partial charge in [0, 0.05) is 11.6 Å². The summed E-state index contributed by atoms with van der Waals surface area (Å²) < 4.78 is 0. The van der Waals surface area contributed by atoms with E-state index in [0.29, 0.717) is 6.54 Å². The van der Waals surface area contributed by atoms with Gasteiger partial charge in [0.05, 0.1) is 0 Å². The lowest BCUT2D eigenvalue weighted by molar-refractivity contribution is 1.06. The maximum absolute atomic E-state index is 5.95. The van der Waals surface area contributed by atoms with Crippen LogP contribution in [0.4, 0.5) is 0 Å². The molecule has 1 nitrogen and oxygen atoms in total. The topological polar surface area (TPSA) is 26.0 Å². The van der Waals surface area contributed by atoms with Crippen LogP contribution in [0.15, 0.2) is 18.2 Å². The molecule has 1 aromatic carbocycles. The van der Waals surface area contributed by atoms with Crippen LogP contribution in [0.5, 0.6) is 0 Å². The molecule has 2 N–H and O–H groups in total. The molecule has 0 bridgehead atoms. The van der Waals surface area contributed by atoms with Crippen LogP contribution in [0.2, 0.25) is 5.02 Å². The van der Waals surface area contributed by atoms with Crippen molar-refractivity contribution in [3.63, 3.8) is 0 Å². The predicted molar refractivity (Wildman–Crippen MR) is 48.7 cm³/mol. The van der Waals surface area contributed by atoms with Crippen molar-refractivity contribution >= 4 is 11.6 Å². The van der Waals surface area contributed by atoms with Gasteiger partial charge in [0.1, 0.15) is 0 Å². The van der Waals surface area contributed by atoms with Crippen molar-refractivity contribution in [3.8, 4) is 0 Å². The number of rotatable bonds is 2. The third kappa shape index (κ3) is 1.95. The average Bonchev–Trinajstić information content (AvgIpc) is 2.04. The van der Waals surface area contributed by atoms with Crippen molar-refractivity contribution < 1.29 is 0 Å². The minimum atomic E-state index is 0.559. The quantitative estimate of drug-likeness (QED) is 0.723. The Morgan fingerprint density at radius 2 is 2.18 bits per heavy atom. The van der Waals surface area contributed by atoms with E-state index in [1.54, 1.807) is 0 Å². The molecule has 0 aliphatic carbocycles. The van der Waals surface area contributed by atoms with E-state index in [9.17, 15) is 0 Å². The Morgan fingerprint density at radius 1 is 1.45 bits per heavy atom. The average molecular weight is 170 g/mol. The lowest BCUT2D eigenvalue weighted by Crippen LogP contribution is -1.96. The maximum atomic E-state index is 5.95. The molecule has 0 aromatic heterocycles. The van der Waals surface area contributed by atoms with E-state index in [1.165, 1.54) is 5.56 Å². The molecule has 0 amide bonds. The summed E-state index contributed by atoms with van der Waals surface area (Å²) in [4.78, 5) is 0. The number of nitrogens with two attached hydrogens (primary N) is 1. The van der Waals surface area contributed by atoms with Gasteiger partial charge in [0.2, 0.25) is 0 Å². The van der Waals surface area contributed by atoms with E-state index < -0.39 is 0 Å². The number of aryl methyl sites for hydroxylation is 1. The summed E-state index contributed by atoms with van der Waals surface area (Å²) in [5.41, 5.74) is 7.73. The van der Waals surface area contributed by atoms with Gasteiger partial charge in [-0.2, -0.15) is 0 Å². The summed E-state index contributed by atoms with van der Waals surface area (Å²) in [5, 5.41) is 0.829. The Morgan fingerprint density at radius 3 is 2.64 bits per heavy atom. The van der Waals surface area contributed by atoms with Crippen LogP contribution in [0.3, 0.4) is 0 Å². The second kappa shape index (κ2) is 3.74. The molecule has 1 rings (SSSR count). The Bertz CT molecular complexity index is 245. The highest BCUT2D eigenvalue weighted by atomic mass is 35.5. The standard InChI is InChI=1S/C9H12ClN/c1-2-8-4-3-7(6-11)5-9(8)10/h3-5H,2,6,11H2,1H3. The van der Waals surface area contributed by atoms with Crippen molar-refractivity contribution in [2.75, 3.05) is 0 Å². The van der Waals surface area contributed by atoms with E-state index in [2.05, 4.69) is 6.92 Å². The zero-order valence-electron chi connectivity index (χ0n) is 6.60. The maximum Gasteiger partial charge on any atom is 0.0441 e. The zero-order chi connectivity index (χ0) is 8.27. The van der Waals surface area contributed by atoms with Crippen LogP contribution in [-0.2, 0) is 13.0 Å². The monoisotopic (exact) mass is 169 g/mol. The molecule has 0 fully saturated rings. The highest BCUT2D eigenvalue weighted by Gasteiger charge is 1.97. The molecule has 11 heavy (non-hydrogen) atoms. The number of hydrogen-bond acceptors (Lipinski definition) is 1. The zero-order valence-corrected chi connectivity index (χ0v) is 7.36. The molecule has 1 aromatic rings. The van der Waals surface area contributed by atoms with E-state index >= 15 is 0 Å². The van der Waals surface area contributed by atoms with Gasteiger partial charge in [0.15, 0.2) is 0 Å². The summed E-state index contributed by atoms with van der Waals surface area (Å²) in [6, 6.07) is 5.98. The van der Waals surface area contributed by atoms with Gasteiger partial charge in [0.25, 0.3) is 0 Å². The van der Waals surface area contributed by atoms with Crippen molar-refractivity contribution in [1.82, 2.24) is 0 Å². The minimum absolute atomic E-state index is 0.559. The van der Waals surface area contributed by atoms with Crippen molar-refractivity contribution in [1.29, 1.82) is 0 Å². The van der Waals surface area contributed by atoms with Gasteiger partial charge >= 0.3 is 0 Å². The lowest BCUT2D eigenvalue weighted by Gasteiger charge is -2.02. The fourth-order valence-corrected chi connectivity index (χ4v) is 1.34. The molecule has 0 atom stereocenters. The van der Waals surface area contributed by atoms with Crippen LogP contribution >= 0.6 is 11.6 Å².